The van der Waals surface area contributed by atoms with E-state index in [1.54, 1.807) is 19.1 Å². The van der Waals surface area contributed by atoms with Crippen molar-refractivity contribution in [3.05, 3.63) is 52.5 Å². The molecule has 0 aliphatic carbocycles. The highest BCUT2D eigenvalue weighted by Gasteiger charge is 2.14. The minimum atomic E-state index is -0.762. The first kappa shape index (κ1) is 19.6. The van der Waals surface area contributed by atoms with Crippen LogP contribution in [0.1, 0.15) is 18.1 Å². The van der Waals surface area contributed by atoms with Crippen LogP contribution < -0.4 is 14.8 Å². The van der Waals surface area contributed by atoms with E-state index in [4.69, 9.17) is 25.9 Å². The maximum atomic E-state index is 12.1. The Balaban J connectivity index is 1.99. The molecular weight excluding hydrogens is 356 g/mol. The molecule has 2 aromatic rings. The van der Waals surface area contributed by atoms with Crippen molar-refractivity contribution in [2.45, 2.75) is 20.0 Å². The highest BCUT2D eigenvalue weighted by atomic mass is 35.5. The molecule has 2 rings (SSSR count). The zero-order valence-electron chi connectivity index (χ0n) is 15.1. The molecule has 0 fully saturated rings. The number of oxime groups is 1. The van der Waals surface area contributed by atoms with E-state index in [9.17, 15) is 4.79 Å². The van der Waals surface area contributed by atoms with E-state index in [1.807, 2.05) is 31.2 Å². The summed E-state index contributed by atoms with van der Waals surface area (Å²) in [6.07, 6.45) is 0.687. The van der Waals surface area contributed by atoms with Gasteiger partial charge in [0, 0.05) is 11.3 Å². The first-order valence-electron chi connectivity index (χ1n) is 7.93. The summed E-state index contributed by atoms with van der Waals surface area (Å²) in [5, 5.41) is 7.02. The summed E-state index contributed by atoms with van der Waals surface area (Å²) in [7, 11) is 3.03. The third-order valence-electron chi connectivity index (χ3n) is 3.53. The highest BCUT2D eigenvalue weighted by Crippen LogP contribution is 2.35. The van der Waals surface area contributed by atoms with Crippen molar-refractivity contribution in [2.24, 2.45) is 5.16 Å². The molecule has 0 spiro atoms. The van der Waals surface area contributed by atoms with Crippen molar-refractivity contribution >= 4 is 29.4 Å². The number of halogens is 1. The SMILES string of the molecule is COc1cc(/C=N\O[C@@H](C)C(=O)Nc2cccc(C)c2)cc(Cl)c1OC. The number of anilines is 1. The Kier molecular flexibility index (Phi) is 6.86. The Hall–Kier alpha value is -2.73. The molecule has 2 aromatic carbocycles. The zero-order valence-corrected chi connectivity index (χ0v) is 15.8. The van der Waals surface area contributed by atoms with Gasteiger partial charge >= 0.3 is 0 Å². The van der Waals surface area contributed by atoms with Crippen molar-refractivity contribution in [1.82, 2.24) is 0 Å². The normalized spacial score (nSPS) is 11.9. The number of hydrogen-bond acceptors (Lipinski definition) is 5. The minimum absolute atomic E-state index is 0.293. The maximum Gasteiger partial charge on any atom is 0.267 e. The van der Waals surface area contributed by atoms with E-state index in [-0.39, 0.29) is 5.91 Å². The summed E-state index contributed by atoms with van der Waals surface area (Å²) in [4.78, 5) is 17.4. The molecule has 0 aliphatic heterocycles. The van der Waals surface area contributed by atoms with Crippen molar-refractivity contribution in [2.75, 3.05) is 19.5 Å². The van der Waals surface area contributed by atoms with Crippen LogP contribution in [0, 0.1) is 6.92 Å². The van der Waals surface area contributed by atoms with Crippen LogP contribution in [-0.2, 0) is 9.63 Å². The first-order chi connectivity index (χ1) is 12.4. The van der Waals surface area contributed by atoms with Crippen LogP contribution in [0.3, 0.4) is 0 Å². The second kappa shape index (κ2) is 9.10. The fourth-order valence-electron chi connectivity index (χ4n) is 2.21. The number of benzene rings is 2. The van der Waals surface area contributed by atoms with E-state index < -0.39 is 6.10 Å². The Morgan fingerprint density at radius 1 is 1.23 bits per heavy atom. The molecule has 138 valence electrons. The molecule has 1 amide bonds. The lowest BCUT2D eigenvalue weighted by molar-refractivity contribution is -0.126. The molecule has 0 saturated heterocycles. The third kappa shape index (κ3) is 5.13. The van der Waals surface area contributed by atoms with Crippen LogP contribution in [0.25, 0.3) is 0 Å². The Morgan fingerprint density at radius 3 is 2.65 bits per heavy atom. The smallest absolute Gasteiger partial charge is 0.267 e. The monoisotopic (exact) mass is 376 g/mol. The average Bonchev–Trinajstić information content (AvgIpc) is 2.61. The summed E-state index contributed by atoms with van der Waals surface area (Å²) >= 11 is 6.14. The molecule has 7 heteroatoms. The number of nitrogens with one attached hydrogen (secondary N) is 1. The van der Waals surface area contributed by atoms with E-state index in [0.717, 1.165) is 5.56 Å². The van der Waals surface area contributed by atoms with Gasteiger partial charge in [0.1, 0.15) is 0 Å². The molecule has 1 atom stereocenters. The van der Waals surface area contributed by atoms with E-state index in [0.29, 0.717) is 27.8 Å². The van der Waals surface area contributed by atoms with Crippen molar-refractivity contribution < 1.29 is 19.1 Å². The molecule has 26 heavy (non-hydrogen) atoms. The predicted octanol–water partition coefficient (Wildman–Crippen LogP) is 4.04. The van der Waals surface area contributed by atoms with Crippen LogP contribution in [0.15, 0.2) is 41.6 Å². The predicted molar refractivity (Wildman–Crippen MR) is 103 cm³/mol. The lowest BCUT2D eigenvalue weighted by Crippen LogP contribution is -2.26. The molecule has 0 radical (unpaired) electrons. The second-order valence-corrected chi connectivity index (χ2v) is 5.99. The van der Waals surface area contributed by atoms with Crippen LogP contribution >= 0.6 is 11.6 Å². The summed E-state index contributed by atoms with van der Waals surface area (Å²) in [5.41, 5.74) is 2.42. The lowest BCUT2D eigenvalue weighted by Gasteiger charge is -2.11. The summed E-state index contributed by atoms with van der Waals surface area (Å²) in [6.45, 7) is 3.57. The molecule has 0 saturated carbocycles. The van der Waals surface area contributed by atoms with Gasteiger partial charge in [0.25, 0.3) is 5.91 Å². The standard InChI is InChI=1S/C19H21ClN2O4/c1-12-6-5-7-15(8-12)22-19(23)13(2)26-21-11-14-9-16(20)18(25-4)17(10-14)24-3/h5-11,13H,1-4H3,(H,22,23)/b21-11-/t13-/m0/s1. The van der Waals surface area contributed by atoms with E-state index in [2.05, 4.69) is 10.5 Å². The number of amides is 1. The van der Waals surface area contributed by atoms with Gasteiger partial charge in [0.05, 0.1) is 25.5 Å². The summed E-state index contributed by atoms with van der Waals surface area (Å²) in [6, 6.07) is 10.9. The number of carbonyl (C=O) groups is 1. The van der Waals surface area contributed by atoms with Gasteiger partial charge in [0.15, 0.2) is 11.5 Å². The third-order valence-corrected chi connectivity index (χ3v) is 3.81. The number of carbonyl (C=O) groups excluding carboxylic acids is 1. The van der Waals surface area contributed by atoms with Gasteiger partial charge in [-0.15, -0.1) is 0 Å². The molecule has 0 heterocycles. The molecule has 0 bridgehead atoms. The van der Waals surface area contributed by atoms with Crippen LogP contribution in [-0.4, -0.2) is 32.4 Å². The lowest BCUT2D eigenvalue weighted by atomic mass is 10.2. The second-order valence-electron chi connectivity index (χ2n) is 5.58. The highest BCUT2D eigenvalue weighted by molar-refractivity contribution is 6.32. The van der Waals surface area contributed by atoms with Crippen LogP contribution in [0.5, 0.6) is 11.5 Å². The Morgan fingerprint density at radius 2 is 2.00 bits per heavy atom. The van der Waals surface area contributed by atoms with E-state index in [1.165, 1.54) is 20.4 Å². The summed E-state index contributed by atoms with van der Waals surface area (Å²) < 4.78 is 10.4. The molecular formula is C19H21ClN2O4. The zero-order chi connectivity index (χ0) is 19.1. The largest absolute Gasteiger partial charge is 0.493 e. The van der Waals surface area contributed by atoms with Crippen molar-refractivity contribution in [3.63, 3.8) is 0 Å². The Labute approximate surface area is 157 Å². The fourth-order valence-corrected chi connectivity index (χ4v) is 2.51. The van der Waals surface area contributed by atoms with Gasteiger partial charge in [-0.1, -0.05) is 28.9 Å². The van der Waals surface area contributed by atoms with Crippen LogP contribution in [0.4, 0.5) is 5.69 Å². The van der Waals surface area contributed by atoms with Crippen molar-refractivity contribution in [1.29, 1.82) is 0 Å². The molecule has 0 aromatic heterocycles. The first-order valence-corrected chi connectivity index (χ1v) is 8.30. The van der Waals surface area contributed by atoms with Gasteiger partial charge in [-0.25, -0.2) is 0 Å². The quantitative estimate of drug-likeness (QED) is 0.584. The number of methoxy groups -OCH3 is 2. The number of hydrogen-bond donors (Lipinski definition) is 1. The van der Waals surface area contributed by atoms with Gasteiger partial charge in [-0.05, 0) is 43.7 Å². The number of nitrogens with zero attached hydrogens (tertiary/aromatic N) is 1. The fraction of sp³-hybridized carbons (Fsp3) is 0.263. The number of rotatable bonds is 7. The van der Waals surface area contributed by atoms with Gasteiger partial charge in [-0.3, -0.25) is 4.79 Å². The molecule has 1 N–H and O–H groups in total. The topological polar surface area (TPSA) is 69.2 Å². The van der Waals surface area contributed by atoms with Gasteiger partial charge < -0.3 is 19.6 Å². The molecule has 0 unspecified atom stereocenters. The molecule has 6 nitrogen and oxygen atoms in total. The number of aryl methyl sites for hydroxylation is 1. The minimum Gasteiger partial charge on any atom is -0.493 e. The molecule has 0 aliphatic rings. The maximum absolute atomic E-state index is 12.1. The van der Waals surface area contributed by atoms with E-state index >= 15 is 0 Å². The van der Waals surface area contributed by atoms with Crippen LogP contribution in [0.2, 0.25) is 5.02 Å². The number of ether oxygens (including phenoxy) is 2. The van der Waals surface area contributed by atoms with Gasteiger partial charge in [-0.2, -0.15) is 0 Å². The average molecular weight is 377 g/mol. The Bertz CT molecular complexity index is 808. The van der Waals surface area contributed by atoms with Gasteiger partial charge in [0.2, 0.25) is 6.10 Å². The van der Waals surface area contributed by atoms with Crippen molar-refractivity contribution in [3.8, 4) is 11.5 Å². The summed E-state index contributed by atoms with van der Waals surface area (Å²) in [5.74, 6) is 0.628.